The molecule has 3 aromatic carbocycles. The number of ketones is 1. The predicted octanol–water partition coefficient (Wildman–Crippen LogP) is -2.90. The minimum atomic E-state index is -1.90. The number of phenols is 1. The van der Waals surface area contributed by atoms with Crippen molar-refractivity contribution >= 4 is 140 Å². The van der Waals surface area contributed by atoms with Gasteiger partial charge in [0, 0.05) is 131 Å². The topological polar surface area (TPSA) is 645 Å². The van der Waals surface area contributed by atoms with Gasteiger partial charge in [0.25, 0.3) is 0 Å². The van der Waals surface area contributed by atoms with Gasteiger partial charge in [0.2, 0.25) is 94.5 Å². The van der Waals surface area contributed by atoms with Crippen molar-refractivity contribution in [3.8, 4) is 5.75 Å². The van der Waals surface area contributed by atoms with Gasteiger partial charge < -0.3 is 124 Å². The average molecular weight is 1870 g/mol. The number of carboxylic acids is 1. The Kier molecular flexibility index (Phi) is 38.3. The number of aromatic amines is 3. The van der Waals surface area contributed by atoms with E-state index in [9.17, 15) is 78.3 Å². The molecule has 0 bridgehead atoms. The van der Waals surface area contributed by atoms with Crippen molar-refractivity contribution in [2.45, 2.75) is 221 Å². The van der Waals surface area contributed by atoms with Crippen molar-refractivity contribution in [3.63, 3.8) is 0 Å². The highest BCUT2D eigenvalue weighted by Gasteiger charge is 2.47. The van der Waals surface area contributed by atoms with Crippen molar-refractivity contribution in [2.75, 3.05) is 65.5 Å². The standard InChI is InChI=1S/C89H120N20O23S/c1-7-9-20-68-83(126)98-60(29-31-110)80(123)104-67(79(122)95-42-74(91)116)45-133-46-75(117)97-63(32-49-23-25-54(112)26-24-49)85(128)105(4)48(3)77(120)101-65(38-73(90)115)88(131)108-30-15-22-69(108)84(127)100-62(36-53-41-92-47-96-53)81(124)99-61(27-28-76(118)119)87(130)109-43-55(113)37-71(109)72(114)35-50(33-51-39-93-58-18-13-11-16-56(51)58)78(121)103-66(44-111)82(125)102-64(34-52-40-94-59-19-14-12-17-57(52)59)86(129)107(6)70(21-10-8-2)89(132)106(68)5/h11-14,16-19,23-26,39-41,47-48,50,55,60-71,93-94,110-113H,7-10,15,20-22,27-38,42-46H2,1-6H3,(H2,90,115)(H2,91,116)(H,92,96)(H,95,122)(H,97,117)(H,98,126)(H,99,124)(H,100,127)(H,101,120)(H,102,125)(H,103,121)(H,104,123)(H,118,119)/t48-,50+,55+,60-,61-,62-,63-,64-,65-,66-,67-,68-,69-,70-,71-/m0/s1. The summed E-state index contributed by atoms with van der Waals surface area (Å²) in [7, 11) is 3.82. The number of rotatable bonds is 25. The number of hydrogen-bond acceptors (Lipinski definition) is 24. The van der Waals surface area contributed by atoms with Gasteiger partial charge in [-0.1, -0.05) is 88.1 Å². The summed E-state index contributed by atoms with van der Waals surface area (Å²) in [6, 6.07) is -1.65. The highest BCUT2D eigenvalue weighted by atomic mass is 32.2. The number of benzene rings is 3. The van der Waals surface area contributed by atoms with Crippen molar-refractivity contribution in [2.24, 2.45) is 17.4 Å². The number of Topliss-reactive ketones (excluding diaryl/α,β-unsaturated/α-hetero) is 1. The summed E-state index contributed by atoms with van der Waals surface area (Å²) in [6.45, 7) is 1.55. The van der Waals surface area contributed by atoms with Crippen LogP contribution in [0.3, 0.4) is 0 Å². The first kappa shape index (κ1) is 103. The molecule has 16 amide bonds. The fraction of sp³-hybridized carbons (Fsp3) is 0.517. The van der Waals surface area contributed by atoms with Crippen LogP contribution in [-0.4, -0.2) is 326 Å². The van der Waals surface area contributed by atoms with Gasteiger partial charge in [0.15, 0.2) is 5.78 Å². The third-order valence-corrected chi connectivity index (χ3v) is 25.0. The molecule has 15 atom stereocenters. The Hall–Kier alpha value is -13.4. The molecular formula is C89H120N20O23S. The summed E-state index contributed by atoms with van der Waals surface area (Å²) < 4.78 is 0. The lowest BCUT2D eigenvalue weighted by Crippen LogP contribution is -2.61. The van der Waals surface area contributed by atoms with Gasteiger partial charge in [-0.25, -0.2) is 4.98 Å². The summed E-state index contributed by atoms with van der Waals surface area (Å²) in [4.78, 5) is 280. The number of thioether (sulfide) groups is 1. The Morgan fingerprint density at radius 1 is 0.556 bits per heavy atom. The maximum absolute atomic E-state index is 15.7. The lowest BCUT2D eigenvalue weighted by atomic mass is 9.90. The molecule has 3 fully saturated rings. The van der Waals surface area contributed by atoms with E-state index < -0.39 is 280 Å². The molecule has 0 radical (unpaired) electrons. The number of unbranched alkanes of at least 4 members (excludes halogenated alkanes) is 2. The molecular weight excluding hydrogens is 1750 g/mol. The van der Waals surface area contributed by atoms with Crippen molar-refractivity contribution in [3.05, 3.63) is 120 Å². The molecule has 6 aromatic rings. The molecule has 44 heteroatoms. The van der Waals surface area contributed by atoms with Crippen molar-refractivity contribution in [1.29, 1.82) is 0 Å². The van der Waals surface area contributed by atoms with E-state index in [2.05, 4.69) is 67.8 Å². The van der Waals surface area contributed by atoms with E-state index in [4.69, 9.17) is 11.5 Å². The van der Waals surface area contributed by atoms with Crippen LogP contribution in [-0.2, 0) is 112 Å². The number of aliphatic carboxylic acids is 1. The number of carbonyl (C=O) groups excluding carboxylic acids is 17. The maximum atomic E-state index is 15.7. The molecule has 9 rings (SSSR count). The smallest absolute Gasteiger partial charge is 0.303 e. The van der Waals surface area contributed by atoms with E-state index in [0.29, 0.717) is 64.2 Å². The molecule has 21 N–H and O–H groups in total. The van der Waals surface area contributed by atoms with E-state index in [1.54, 1.807) is 60.9 Å². The normalized spacial score (nSPS) is 25.0. The van der Waals surface area contributed by atoms with Gasteiger partial charge in [-0.3, -0.25) is 86.3 Å². The zero-order valence-corrected chi connectivity index (χ0v) is 75.7. The van der Waals surface area contributed by atoms with Gasteiger partial charge >= 0.3 is 5.97 Å². The highest BCUT2D eigenvalue weighted by Crippen LogP contribution is 2.30. The number of aliphatic hydroxyl groups excluding tert-OH is 3. The number of nitrogens with two attached hydrogens (primary N) is 2. The second-order valence-corrected chi connectivity index (χ2v) is 34.6. The maximum Gasteiger partial charge on any atom is 0.303 e. The molecule has 43 nitrogen and oxygen atoms in total. The quantitative estimate of drug-likeness (QED) is 0.0273. The molecule has 0 aliphatic carbocycles. The van der Waals surface area contributed by atoms with Crippen LogP contribution in [0.15, 0.2) is 97.7 Å². The number of aromatic hydroxyl groups is 1. The summed E-state index contributed by atoms with van der Waals surface area (Å²) >= 11 is 0.733. The molecule has 720 valence electrons. The molecule has 3 aliphatic rings. The van der Waals surface area contributed by atoms with Crippen molar-refractivity contribution < 1.29 is 112 Å². The van der Waals surface area contributed by atoms with Gasteiger partial charge in [0.05, 0.1) is 49.5 Å². The Bertz CT molecular complexity index is 5170. The summed E-state index contributed by atoms with van der Waals surface area (Å²) in [5, 5.41) is 77.6. The minimum Gasteiger partial charge on any atom is -0.508 e. The Morgan fingerprint density at radius 2 is 1.13 bits per heavy atom. The van der Waals surface area contributed by atoms with Gasteiger partial charge in [-0.05, 0) is 92.8 Å². The SMILES string of the molecule is CCCC[C@H]1C(=O)N(C)[C@@H](CCCC)C(=O)N[C@@H](CCO)C(=O)N[C@H](C(=O)NCC(N)=O)CSCC(=O)N[C@@H](Cc2ccc(O)cc2)C(=O)N(C)[C@@H](C)C(=O)N[C@@H](CC(N)=O)C(=O)N2CCC[C@H]2C(=O)N[C@@H](Cc2c[nH]cn2)C(=O)N[C@@H](CCC(=O)O)C(=O)N2C[C@H](O)C[C@H]2C(=O)C[C@@H](Cc2c[nH]c3ccccc23)C(=O)N[C@@H](CO)C(=O)N[C@@H](Cc2c[nH]c3ccccc23)C(=O)N1C. The number of nitrogens with one attached hydrogen (secondary N) is 12. The number of phenolic OH excluding ortho intramolecular Hbond substituents is 1. The number of fused-ring (bicyclic) bond motifs is 4. The van der Waals surface area contributed by atoms with E-state index in [1.807, 2.05) is 13.8 Å². The fourth-order valence-electron chi connectivity index (χ4n) is 16.5. The zero-order valence-electron chi connectivity index (χ0n) is 74.9. The summed E-state index contributed by atoms with van der Waals surface area (Å²) in [5.41, 5.74) is 13.8. The molecule has 6 heterocycles. The fourth-order valence-corrected chi connectivity index (χ4v) is 17.4. The molecule has 0 unspecified atom stereocenters. The number of carboxylic acid groups (broad SMARTS) is 1. The minimum absolute atomic E-state index is 0.0260. The Morgan fingerprint density at radius 3 is 1.74 bits per heavy atom. The number of H-pyrrole nitrogens is 3. The number of nitrogens with zero attached hydrogens (tertiary/aromatic N) is 6. The second kappa shape index (κ2) is 49.2. The first-order valence-electron chi connectivity index (χ1n) is 44.2. The van der Waals surface area contributed by atoms with Crippen LogP contribution >= 0.6 is 11.8 Å². The van der Waals surface area contributed by atoms with Crippen LogP contribution in [0.1, 0.15) is 133 Å². The van der Waals surface area contributed by atoms with E-state index in [0.717, 1.165) is 36.3 Å². The molecule has 133 heavy (non-hydrogen) atoms. The van der Waals surface area contributed by atoms with Crippen LogP contribution < -0.4 is 59.3 Å². The number of para-hydroxylation sites is 2. The monoisotopic (exact) mass is 1870 g/mol. The lowest BCUT2D eigenvalue weighted by molar-refractivity contribution is -0.149. The number of aromatic nitrogens is 4. The highest BCUT2D eigenvalue weighted by molar-refractivity contribution is 8.00. The second-order valence-electron chi connectivity index (χ2n) is 33.6. The average Bonchev–Trinajstić information content (AvgIpc) is 1.66. The van der Waals surface area contributed by atoms with Crippen LogP contribution in [0.2, 0.25) is 0 Å². The molecule has 3 aliphatic heterocycles. The van der Waals surface area contributed by atoms with E-state index in [-0.39, 0.29) is 62.9 Å². The molecule has 0 spiro atoms. The van der Waals surface area contributed by atoms with Gasteiger partial charge in [0.1, 0.15) is 78.3 Å². The molecule has 3 saturated heterocycles. The summed E-state index contributed by atoms with van der Waals surface area (Å²) in [5.74, 6) is -20.9. The number of carbonyl (C=O) groups is 18. The van der Waals surface area contributed by atoms with Crippen LogP contribution in [0, 0.1) is 5.92 Å². The third kappa shape index (κ3) is 28.3. The zero-order chi connectivity index (χ0) is 97.0. The van der Waals surface area contributed by atoms with E-state index in [1.165, 1.54) is 64.9 Å². The Balaban J connectivity index is 1.09. The molecule has 0 saturated carbocycles. The predicted molar refractivity (Wildman–Crippen MR) is 481 cm³/mol. The number of imidazole rings is 1. The first-order valence-corrected chi connectivity index (χ1v) is 45.3. The van der Waals surface area contributed by atoms with Crippen LogP contribution in [0.5, 0.6) is 5.75 Å². The largest absolute Gasteiger partial charge is 0.508 e. The number of amides is 16. The van der Waals surface area contributed by atoms with Crippen molar-refractivity contribution in [1.82, 2.24) is 92.3 Å². The molecule has 3 aromatic heterocycles. The van der Waals surface area contributed by atoms with E-state index >= 15 is 33.6 Å². The van der Waals surface area contributed by atoms with Crippen LogP contribution in [0.25, 0.3) is 21.8 Å². The van der Waals surface area contributed by atoms with Gasteiger partial charge in [-0.2, -0.15) is 0 Å². The number of likely N-dealkylation sites (N-methyl/N-ethyl adjacent to an activating group) is 3. The first-order chi connectivity index (χ1) is 63.4. The summed E-state index contributed by atoms with van der Waals surface area (Å²) in [6.07, 6.45) is 0.726. The Labute approximate surface area is 770 Å². The third-order valence-electron chi connectivity index (χ3n) is 24.0. The van der Waals surface area contributed by atoms with Crippen LogP contribution in [0.4, 0.5) is 0 Å². The lowest BCUT2D eigenvalue weighted by Gasteiger charge is -2.36. The van der Waals surface area contributed by atoms with Gasteiger partial charge in [-0.15, -0.1) is 11.8 Å². The number of primary amides is 2. The number of hydrogen-bond donors (Lipinski definition) is 19. The number of aliphatic hydroxyl groups is 3.